The zero-order valence-corrected chi connectivity index (χ0v) is 2.09. The molecule has 0 bridgehead atoms. The number of hydrogen-bond acceptors (Lipinski definition) is 2. The van der Waals surface area contributed by atoms with Gasteiger partial charge in [0.2, 0.25) is 0 Å². The van der Waals surface area contributed by atoms with E-state index in [0.717, 1.165) is 5.65 Å². The Kier molecular flexibility index (Phi) is 1.20. The van der Waals surface area contributed by atoms with Gasteiger partial charge < -0.3 is 0 Å². The van der Waals surface area contributed by atoms with Crippen molar-refractivity contribution in [3.63, 3.8) is 0 Å². The Morgan fingerprint density at radius 3 is 2.20 bits per heavy atom. The van der Waals surface area contributed by atoms with Crippen LogP contribution in [-0.4, -0.2) is 5.03 Å². The molecule has 0 aromatic carbocycles. The SMILES string of the molecule is O=[N+]([O-])[N-]F. The summed E-state index contributed by atoms with van der Waals surface area (Å²) in [4.78, 5) is 8.63. The van der Waals surface area contributed by atoms with Crippen LogP contribution in [-0.2, 0) is 0 Å². The minimum absolute atomic E-state index is 1.11. The number of hydrogen-bond donors (Lipinski definition) is 0. The average Bonchev–Trinajstić information content (AvgIpc) is 1.38. The van der Waals surface area contributed by atoms with Crippen molar-refractivity contribution in [3.05, 3.63) is 15.8 Å². The molecular formula is FN2O2-. The first-order chi connectivity index (χ1) is 2.27. The zero-order valence-electron chi connectivity index (χ0n) is 2.09. The molecule has 0 fully saturated rings. The monoisotopic (exact) mass is 79.0 g/mol. The maximum atomic E-state index is 10.0. The van der Waals surface area contributed by atoms with Crippen molar-refractivity contribution in [1.29, 1.82) is 0 Å². The summed E-state index contributed by atoms with van der Waals surface area (Å²) >= 11 is 0. The van der Waals surface area contributed by atoms with Gasteiger partial charge in [0.1, 0.15) is 0 Å². The van der Waals surface area contributed by atoms with Crippen LogP contribution in [0.25, 0.3) is 5.65 Å². The molecule has 0 aliphatic heterocycles. The molecule has 5 heteroatoms. The van der Waals surface area contributed by atoms with Crippen molar-refractivity contribution < 1.29 is 9.51 Å². The van der Waals surface area contributed by atoms with Crippen molar-refractivity contribution >= 4 is 0 Å². The van der Waals surface area contributed by atoms with Crippen LogP contribution >= 0.6 is 0 Å². The van der Waals surface area contributed by atoms with Crippen LogP contribution in [0.1, 0.15) is 0 Å². The lowest BCUT2D eigenvalue weighted by Crippen LogP contribution is -1.78. The first-order valence-electron chi connectivity index (χ1n) is 0.734. The zero-order chi connectivity index (χ0) is 4.28. The molecule has 0 unspecified atom stereocenters. The van der Waals surface area contributed by atoms with Crippen LogP contribution in [0, 0.1) is 10.1 Å². The average molecular weight is 79.0 g/mol. The van der Waals surface area contributed by atoms with Crippen LogP contribution in [0.4, 0.5) is 4.48 Å². The Morgan fingerprint density at radius 1 is 2.00 bits per heavy atom. The van der Waals surface area contributed by atoms with Gasteiger partial charge in [-0.05, 0) is 0 Å². The molecule has 0 atom stereocenters. The van der Waals surface area contributed by atoms with E-state index in [4.69, 9.17) is 10.1 Å². The van der Waals surface area contributed by atoms with Gasteiger partial charge in [-0.3, -0.25) is 14.6 Å². The van der Waals surface area contributed by atoms with Crippen LogP contribution < -0.4 is 0 Å². The Balaban J connectivity index is 2.85. The Morgan fingerprint density at radius 2 is 2.20 bits per heavy atom. The first kappa shape index (κ1) is 4.13. The molecule has 4 nitrogen and oxygen atoms in total. The van der Waals surface area contributed by atoms with Gasteiger partial charge >= 0.3 is 0 Å². The van der Waals surface area contributed by atoms with Crippen molar-refractivity contribution in [2.45, 2.75) is 0 Å². The van der Waals surface area contributed by atoms with E-state index >= 15 is 0 Å². The molecule has 0 aliphatic rings. The molecule has 5 heavy (non-hydrogen) atoms. The van der Waals surface area contributed by atoms with Gasteiger partial charge in [0, 0.05) is 5.03 Å². The summed E-state index contributed by atoms with van der Waals surface area (Å²) in [5.74, 6) is 0. The van der Waals surface area contributed by atoms with Gasteiger partial charge in [0.25, 0.3) is 0 Å². The molecule has 30 valence electrons. The van der Waals surface area contributed by atoms with E-state index in [0.29, 0.717) is 0 Å². The minimum Gasteiger partial charge on any atom is -0.271 e. The Labute approximate surface area is 26.6 Å². The number of nitro groups is 1. The fourth-order valence-corrected chi connectivity index (χ4v) is 0. The summed E-state index contributed by atoms with van der Waals surface area (Å²) in [5, 5.41) is 7.22. The van der Waals surface area contributed by atoms with Crippen LogP contribution in [0.2, 0.25) is 0 Å². The molecule has 0 aliphatic carbocycles. The molecule has 0 saturated carbocycles. The highest BCUT2D eigenvalue weighted by Gasteiger charge is 1.60. The third kappa shape index (κ3) is 3.13. The molecule has 0 saturated heterocycles. The molecule has 0 rings (SSSR count). The maximum Gasteiger partial charge on any atom is 0.0129 e. The second-order valence-electron chi connectivity index (χ2n) is 0.313. The topological polar surface area (TPSA) is 57.2 Å². The molecule has 0 radical (unpaired) electrons. The molecule has 0 spiro atoms. The molecule has 0 heterocycles. The quantitative estimate of drug-likeness (QED) is 0.338. The van der Waals surface area contributed by atoms with Crippen molar-refractivity contribution in [3.8, 4) is 0 Å². The lowest BCUT2D eigenvalue weighted by molar-refractivity contribution is -0.448. The van der Waals surface area contributed by atoms with Crippen molar-refractivity contribution in [1.82, 2.24) is 0 Å². The van der Waals surface area contributed by atoms with Gasteiger partial charge in [0.05, 0.1) is 0 Å². The van der Waals surface area contributed by atoms with Gasteiger partial charge in [-0.15, -0.1) is 0 Å². The Hall–Kier alpha value is -0.870. The fourth-order valence-electron chi connectivity index (χ4n) is 0. The summed E-state index contributed by atoms with van der Waals surface area (Å²) in [6.45, 7) is 0. The highest BCUT2D eigenvalue weighted by atomic mass is 19.2. The van der Waals surface area contributed by atoms with E-state index in [9.17, 15) is 4.48 Å². The van der Waals surface area contributed by atoms with E-state index < -0.39 is 5.03 Å². The largest absolute Gasteiger partial charge is 0.271 e. The van der Waals surface area contributed by atoms with Crippen LogP contribution in [0.3, 0.4) is 0 Å². The molecule has 0 aromatic rings. The molecule has 0 amide bonds. The molecule has 0 N–H and O–H groups in total. The fraction of sp³-hybridized carbons (Fsp3) is 0. The predicted molar refractivity (Wildman–Crippen MR) is 11.5 cm³/mol. The predicted octanol–water partition coefficient (Wildman–Crippen LogP) is 0.436. The lowest BCUT2D eigenvalue weighted by Gasteiger charge is -1.88. The minimum atomic E-state index is -1.42. The van der Waals surface area contributed by atoms with Crippen LogP contribution in [0.15, 0.2) is 0 Å². The first-order valence-corrected chi connectivity index (χ1v) is 0.734. The van der Waals surface area contributed by atoms with Crippen molar-refractivity contribution in [2.24, 2.45) is 0 Å². The third-order valence-electron chi connectivity index (χ3n) is 0.0617. The summed E-state index contributed by atoms with van der Waals surface area (Å²) < 4.78 is 10.0. The second kappa shape index (κ2) is 1.45. The van der Waals surface area contributed by atoms with E-state index in [-0.39, 0.29) is 0 Å². The highest BCUT2D eigenvalue weighted by molar-refractivity contribution is 4.17. The summed E-state index contributed by atoms with van der Waals surface area (Å²) in [7, 11) is 0. The van der Waals surface area contributed by atoms with E-state index in [1.807, 2.05) is 0 Å². The third-order valence-corrected chi connectivity index (χ3v) is 0.0617. The Bertz CT molecular complexity index is 42.9. The summed E-state index contributed by atoms with van der Waals surface area (Å²) in [6.07, 6.45) is 0. The second-order valence-corrected chi connectivity index (χ2v) is 0.313. The van der Waals surface area contributed by atoms with Gasteiger partial charge in [0.15, 0.2) is 0 Å². The van der Waals surface area contributed by atoms with E-state index in [1.54, 1.807) is 0 Å². The number of halogens is 1. The van der Waals surface area contributed by atoms with Crippen LogP contribution in [0.5, 0.6) is 0 Å². The molecule has 0 aromatic heterocycles. The number of nitrogens with zero attached hydrogens (tertiary/aromatic N) is 2. The lowest BCUT2D eigenvalue weighted by atomic mass is 12.7. The van der Waals surface area contributed by atoms with Crippen molar-refractivity contribution in [2.75, 3.05) is 0 Å². The smallest absolute Gasteiger partial charge is 0.0129 e. The summed E-state index contributed by atoms with van der Waals surface area (Å²) in [5.41, 5.74) is 1.11. The van der Waals surface area contributed by atoms with Gasteiger partial charge in [-0.2, -0.15) is 0 Å². The highest BCUT2D eigenvalue weighted by Crippen LogP contribution is 1.80. The molecular weight excluding hydrogens is 79.0 g/mol. The normalized spacial score (nSPS) is 6.60. The van der Waals surface area contributed by atoms with E-state index in [1.165, 1.54) is 0 Å². The maximum absolute atomic E-state index is 10.0. The van der Waals surface area contributed by atoms with E-state index in [2.05, 4.69) is 0 Å². The van der Waals surface area contributed by atoms with Gasteiger partial charge in [-0.25, -0.2) is 5.65 Å². The summed E-state index contributed by atoms with van der Waals surface area (Å²) in [6, 6.07) is 0. The van der Waals surface area contributed by atoms with Gasteiger partial charge in [-0.1, -0.05) is 0 Å². The standard InChI is InChI=1S/FN2O2/c1-2-3(4)5/q-1. The number of rotatable bonds is 1.